The molecular weight excluding hydrogens is 415 g/mol. The Morgan fingerprint density at radius 1 is 1.30 bits per heavy atom. The van der Waals surface area contributed by atoms with Crippen molar-refractivity contribution in [2.75, 3.05) is 32.1 Å². The van der Waals surface area contributed by atoms with Gasteiger partial charge in [-0.15, -0.1) is 12.4 Å². The van der Waals surface area contributed by atoms with Crippen molar-refractivity contribution in [3.8, 4) is 0 Å². The number of carbonyl (C=O) groups is 1. The molecule has 0 aliphatic rings. The maximum absolute atomic E-state index is 12.9. The van der Waals surface area contributed by atoms with Gasteiger partial charge in [-0.1, -0.05) is 29.0 Å². The van der Waals surface area contributed by atoms with Crippen LogP contribution in [-0.2, 0) is 0 Å². The number of rotatable bonds is 6. The van der Waals surface area contributed by atoms with Crippen molar-refractivity contribution in [3.63, 3.8) is 0 Å². The first-order valence-corrected chi connectivity index (χ1v) is 8.82. The summed E-state index contributed by atoms with van der Waals surface area (Å²) in [5.41, 5.74) is 0.613. The number of aromatic nitrogens is 1. The summed E-state index contributed by atoms with van der Waals surface area (Å²) in [5, 5.41) is 11.8. The Kier molecular flexibility index (Phi) is 6.77. The smallest absolute Gasteiger partial charge is 0.395 e. The molecule has 2 heterocycles. The summed E-state index contributed by atoms with van der Waals surface area (Å²) in [5.74, 6) is -1.08. The number of hydrogen-bond donors (Lipinski definition) is 0. The van der Waals surface area contributed by atoms with E-state index in [-0.39, 0.29) is 18.2 Å². The van der Waals surface area contributed by atoms with Gasteiger partial charge in [-0.05, 0) is 32.3 Å². The van der Waals surface area contributed by atoms with Gasteiger partial charge in [0.15, 0.2) is 10.9 Å². The van der Waals surface area contributed by atoms with Gasteiger partial charge in [-0.3, -0.25) is 19.8 Å². The Labute approximate surface area is 169 Å². The molecule has 0 saturated carbocycles. The minimum atomic E-state index is -0.682. The average molecular weight is 431 g/mol. The molecule has 0 N–H and O–H groups in total. The fourth-order valence-electron chi connectivity index (χ4n) is 2.28. The molecule has 3 aromatic rings. The lowest BCUT2D eigenvalue weighted by molar-refractivity contribution is -0.402. The number of fused-ring (bicyclic) bond motifs is 1. The summed E-state index contributed by atoms with van der Waals surface area (Å²) >= 11 is 7.50. The van der Waals surface area contributed by atoms with Crippen molar-refractivity contribution in [1.82, 2.24) is 9.88 Å². The molecule has 0 atom stereocenters. The number of anilines is 1. The summed E-state index contributed by atoms with van der Waals surface area (Å²) in [6, 6.07) is 7.87. The molecule has 0 radical (unpaired) electrons. The Bertz CT molecular complexity index is 972. The molecule has 8 nitrogen and oxygen atoms in total. The Morgan fingerprint density at radius 2 is 2.04 bits per heavy atom. The number of carbonyl (C=O) groups excluding carboxylic acids is 1. The number of benzene rings is 1. The molecular formula is C16H16Cl2N4O4S. The molecule has 144 valence electrons. The van der Waals surface area contributed by atoms with E-state index in [1.54, 1.807) is 6.07 Å². The lowest BCUT2D eigenvalue weighted by Crippen LogP contribution is -2.36. The highest BCUT2D eigenvalue weighted by atomic mass is 35.5. The van der Waals surface area contributed by atoms with Crippen molar-refractivity contribution in [2.45, 2.75) is 0 Å². The average Bonchev–Trinajstić information content (AvgIpc) is 3.22. The molecule has 0 saturated heterocycles. The highest BCUT2D eigenvalue weighted by Crippen LogP contribution is 2.33. The zero-order valence-corrected chi connectivity index (χ0v) is 16.8. The minimum Gasteiger partial charge on any atom is -0.395 e. The molecule has 0 aliphatic heterocycles. The largest absolute Gasteiger partial charge is 0.433 e. The van der Waals surface area contributed by atoms with Crippen LogP contribution >= 0.6 is 35.3 Å². The van der Waals surface area contributed by atoms with Gasteiger partial charge in [0.25, 0.3) is 5.91 Å². The number of para-hydroxylation sites is 1. The molecule has 1 aromatic carbocycles. The number of hydrogen-bond acceptors (Lipinski definition) is 7. The van der Waals surface area contributed by atoms with Crippen LogP contribution in [0.5, 0.6) is 0 Å². The fraction of sp³-hybridized carbons (Fsp3) is 0.250. The number of nitro groups is 1. The first-order chi connectivity index (χ1) is 12.4. The lowest BCUT2D eigenvalue weighted by Gasteiger charge is -2.20. The maximum atomic E-state index is 12.9. The second kappa shape index (κ2) is 8.66. The number of furan rings is 1. The minimum absolute atomic E-state index is 0. The van der Waals surface area contributed by atoms with E-state index in [0.29, 0.717) is 28.8 Å². The Hall–Kier alpha value is -2.20. The third-order valence-corrected chi connectivity index (χ3v) is 4.94. The molecule has 27 heavy (non-hydrogen) atoms. The predicted octanol–water partition coefficient (Wildman–Crippen LogP) is 4.08. The zero-order chi connectivity index (χ0) is 18.8. The maximum Gasteiger partial charge on any atom is 0.433 e. The van der Waals surface area contributed by atoms with Gasteiger partial charge in [0.2, 0.25) is 0 Å². The van der Waals surface area contributed by atoms with Gasteiger partial charge in [0, 0.05) is 13.1 Å². The number of nitrogens with zero attached hydrogens (tertiary/aromatic N) is 4. The third kappa shape index (κ3) is 4.56. The van der Waals surface area contributed by atoms with E-state index in [9.17, 15) is 14.9 Å². The van der Waals surface area contributed by atoms with Crippen molar-refractivity contribution < 1.29 is 14.1 Å². The van der Waals surface area contributed by atoms with Crippen LogP contribution in [-0.4, -0.2) is 47.9 Å². The number of thiazole rings is 1. The molecule has 0 unspecified atom stereocenters. The van der Waals surface area contributed by atoms with Gasteiger partial charge >= 0.3 is 5.88 Å². The lowest BCUT2D eigenvalue weighted by atomic mass is 10.3. The van der Waals surface area contributed by atoms with Crippen LogP contribution in [0.4, 0.5) is 11.0 Å². The van der Waals surface area contributed by atoms with E-state index in [1.807, 2.05) is 31.1 Å². The molecule has 0 spiro atoms. The highest BCUT2D eigenvalue weighted by Gasteiger charge is 2.26. The molecule has 0 aliphatic carbocycles. The van der Waals surface area contributed by atoms with E-state index < -0.39 is 16.7 Å². The molecule has 2 aromatic heterocycles. The van der Waals surface area contributed by atoms with Crippen LogP contribution in [0.2, 0.25) is 5.02 Å². The van der Waals surface area contributed by atoms with Crippen LogP contribution < -0.4 is 4.90 Å². The number of likely N-dealkylation sites (N-methyl/N-ethyl adjacent to an activating group) is 1. The summed E-state index contributed by atoms with van der Waals surface area (Å²) in [6.07, 6.45) is 0. The molecule has 1 amide bonds. The topological polar surface area (TPSA) is 92.7 Å². The summed E-state index contributed by atoms with van der Waals surface area (Å²) in [7, 11) is 3.77. The normalized spacial score (nSPS) is 10.8. The second-order valence-electron chi connectivity index (χ2n) is 5.74. The molecule has 3 rings (SSSR count). The van der Waals surface area contributed by atoms with Crippen LogP contribution in [0.1, 0.15) is 10.6 Å². The monoisotopic (exact) mass is 430 g/mol. The van der Waals surface area contributed by atoms with E-state index >= 15 is 0 Å². The van der Waals surface area contributed by atoms with Gasteiger partial charge in [-0.25, -0.2) is 4.98 Å². The van der Waals surface area contributed by atoms with Crippen molar-refractivity contribution in [1.29, 1.82) is 0 Å². The summed E-state index contributed by atoms with van der Waals surface area (Å²) in [6.45, 7) is 0.927. The SMILES string of the molecule is CN(C)CCN(C(=O)c1ccc([N+](=O)[O-])o1)c1nc2c(Cl)cccc2s1.Cl. The standard InChI is InChI=1S/C16H15ClN4O4S.ClH/c1-19(2)8-9-20(15(22)11-6-7-13(25-11)21(23)24)16-18-14-10(17)4-3-5-12(14)26-16;/h3-7H,8-9H2,1-2H3;1H. The van der Waals surface area contributed by atoms with Gasteiger partial charge < -0.3 is 9.32 Å². The summed E-state index contributed by atoms with van der Waals surface area (Å²) in [4.78, 5) is 30.8. The number of amides is 1. The van der Waals surface area contributed by atoms with Crippen LogP contribution in [0.25, 0.3) is 10.2 Å². The third-order valence-electron chi connectivity index (χ3n) is 3.59. The molecule has 0 fully saturated rings. The highest BCUT2D eigenvalue weighted by molar-refractivity contribution is 7.22. The summed E-state index contributed by atoms with van der Waals surface area (Å²) < 4.78 is 5.91. The van der Waals surface area contributed by atoms with Crippen molar-refractivity contribution >= 4 is 62.5 Å². The van der Waals surface area contributed by atoms with Gasteiger partial charge in [0.1, 0.15) is 10.4 Å². The van der Waals surface area contributed by atoms with E-state index in [4.69, 9.17) is 16.0 Å². The number of halogens is 2. The predicted molar refractivity (Wildman–Crippen MR) is 107 cm³/mol. The van der Waals surface area contributed by atoms with E-state index in [0.717, 1.165) is 10.8 Å². The fourth-order valence-corrected chi connectivity index (χ4v) is 3.57. The van der Waals surface area contributed by atoms with Crippen LogP contribution in [0.15, 0.2) is 34.7 Å². The Morgan fingerprint density at radius 3 is 2.63 bits per heavy atom. The Balaban J connectivity index is 0.00000261. The first kappa shape index (κ1) is 21.1. The van der Waals surface area contributed by atoms with Gasteiger partial charge in [-0.2, -0.15) is 0 Å². The molecule has 0 bridgehead atoms. The molecule has 11 heteroatoms. The quantitative estimate of drug-likeness (QED) is 0.431. The zero-order valence-electron chi connectivity index (χ0n) is 14.4. The van der Waals surface area contributed by atoms with E-state index in [2.05, 4.69) is 4.98 Å². The van der Waals surface area contributed by atoms with Crippen molar-refractivity contribution in [3.05, 3.63) is 51.2 Å². The van der Waals surface area contributed by atoms with Crippen LogP contribution in [0, 0.1) is 10.1 Å². The van der Waals surface area contributed by atoms with Crippen molar-refractivity contribution in [2.24, 2.45) is 0 Å². The van der Waals surface area contributed by atoms with Crippen LogP contribution in [0.3, 0.4) is 0 Å². The second-order valence-corrected chi connectivity index (χ2v) is 7.15. The first-order valence-electron chi connectivity index (χ1n) is 7.62. The van der Waals surface area contributed by atoms with E-state index in [1.165, 1.54) is 22.3 Å². The van der Waals surface area contributed by atoms with Gasteiger partial charge in [0.05, 0.1) is 15.8 Å².